The third kappa shape index (κ3) is 5.19. The number of carbonyl (C=O) groups excluding carboxylic acids is 1. The first-order chi connectivity index (χ1) is 8.29. The summed E-state index contributed by atoms with van der Waals surface area (Å²) in [4.78, 5) is 11.1. The van der Waals surface area contributed by atoms with Gasteiger partial charge in [0.1, 0.15) is 0 Å². The lowest BCUT2D eigenvalue weighted by atomic mass is 10.0. The molecule has 0 spiro atoms. The first-order valence-corrected chi connectivity index (χ1v) is 7.36. The van der Waals surface area contributed by atoms with E-state index in [9.17, 15) is 13.2 Å². The molecule has 8 heteroatoms. The standard InChI is InChI=1S/C10H20N2O5S/c1-8(2)17-9(14)12-18(15,16)11-7-10(3-4-10)5-6-13/h8,11,13H,3-7H2,1-2H3,(H,12,14). The zero-order valence-corrected chi connectivity index (χ0v) is 11.4. The quantitative estimate of drug-likeness (QED) is 0.614. The molecule has 0 aliphatic heterocycles. The first kappa shape index (κ1) is 15.2. The Hall–Kier alpha value is -0.860. The number of aliphatic hydroxyl groups is 1. The fourth-order valence-electron chi connectivity index (χ4n) is 1.56. The van der Waals surface area contributed by atoms with Gasteiger partial charge in [-0.2, -0.15) is 13.1 Å². The average Bonchev–Trinajstić information content (AvgIpc) is 2.94. The normalized spacial score (nSPS) is 17.6. The van der Waals surface area contributed by atoms with Crippen molar-refractivity contribution in [2.45, 2.75) is 39.2 Å². The number of hydrogen-bond donors (Lipinski definition) is 3. The molecule has 1 rings (SSSR count). The van der Waals surface area contributed by atoms with E-state index in [-0.39, 0.29) is 24.7 Å². The molecule has 106 valence electrons. The molecule has 18 heavy (non-hydrogen) atoms. The van der Waals surface area contributed by atoms with Gasteiger partial charge >= 0.3 is 16.3 Å². The Morgan fingerprint density at radius 3 is 2.50 bits per heavy atom. The van der Waals surface area contributed by atoms with Crippen LogP contribution in [0.5, 0.6) is 0 Å². The lowest BCUT2D eigenvalue weighted by Gasteiger charge is -2.15. The number of nitrogens with one attached hydrogen (secondary N) is 2. The Labute approximate surface area is 107 Å². The van der Waals surface area contributed by atoms with Crippen molar-refractivity contribution in [2.75, 3.05) is 13.2 Å². The predicted molar refractivity (Wildman–Crippen MR) is 65.0 cm³/mol. The van der Waals surface area contributed by atoms with Crippen LogP contribution in [0.15, 0.2) is 0 Å². The van der Waals surface area contributed by atoms with Gasteiger partial charge in [-0.15, -0.1) is 0 Å². The van der Waals surface area contributed by atoms with Crippen LogP contribution in [0.1, 0.15) is 33.1 Å². The van der Waals surface area contributed by atoms with Gasteiger partial charge in [0, 0.05) is 13.2 Å². The summed E-state index contributed by atoms with van der Waals surface area (Å²) in [6, 6.07) is 0. The summed E-state index contributed by atoms with van der Waals surface area (Å²) < 4.78 is 31.8. The summed E-state index contributed by atoms with van der Waals surface area (Å²) in [7, 11) is -3.89. The zero-order valence-electron chi connectivity index (χ0n) is 10.6. The Bertz CT molecular complexity index is 389. The van der Waals surface area contributed by atoms with Crippen molar-refractivity contribution in [3.63, 3.8) is 0 Å². The van der Waals surface area contributed by atoms with Crippen molar-refractivity contribution in [3.05, 3.63) is 0 Å². The second-order valence-electron chi connectivity index (χ2n) is 4.85. The molecule has 0 heterocycles. The maximum absolute atomic E-state index is 11.5. The van der Waals surface area contributed by atoms with Crippen LogP contribution in [0.25, 0.3) is 0 Å². The second-order valence-corrected chi connectivity index (χ2v) is 6.35. The maximum Gasteiger partial charge on any atom is 0.422 e. The topological polar surface area (TPSA) is 105 Å². The van der Waals surface area contributed by atoms with E-state index in [1.54, 1.807) is 18.6 Å². The number of carbonyl (C=O) groups is 1. The molecule has 1 aliphatic carbocycles. The van der Waals surface area contributed by atoms with Crippen LogP contribution in [0.4, 0.5) is 4.79 Å². The predicted octanol–water partition coefficient (Wildman–Crippen LogP) is 0.118. The van der Waals surface area contributed by atoms with E-state index in [0.29, 0.717) is 6.42 Å². The third-order valence-corrected chi connectivity index (χ3v) is 3.76. The minimum absolute atomic E-state index is 0.0323. The summed E-state index contributed by atoms with van der Waals surface area (Å²) in [6.45, 7) is 3.50. The fourth-order valence-corrected chi connectivity index (χ4v) is 2.40. The summed E-state index contributed by atoms with van der Waals surface area (Å²) in [5.74, 6) is 0. The molecule has 0 aromatic heterocycles. The number of rotatable bonds is 7. The zero-order chi connectivity index (χ0) is 13.8. The van der Waals surface area contributed by atoms with Gasteiger partial charge in [0.05, 0.1) is 6.10 Å². The highest BCUT2D eigenvalue weighted by atomic mass is 32.2. The summed E-state index contributed by atoms with van der Waals surface area (Å²) in [5, 5.41) is 8.85. The van der Waals surface area contributed by atoms with Crippen LogP contribution in [-0.2, 0) is 14.9 Å². The molecule has 0 aromatic rings. The van der Waals surface area contributed by atoms with Crippen molar-refractivity contribution >= 4 is 16.3 Å². The molecule has 1 fully saturated rings. The molecule has 3 N–H and O–H groups in total. The van der Waals surface area contributed by atoms with E-state index >= 15 is 0 Å². The van der Waals surface area contributed by atoms with E-state index in [0.717, 1.165) is 12.8 Å². The van der Waals surface area contributed by atoms with Gasteiger partial charge < -0.3 is 9.84 Å². The molecular weight excluding hydrogens is 260 g/mol. The molecular formula is C10H20N2O5S. The van der Waals surface area contributed by atoms with Gasteiger partial charge in [-0.1, -0.05) is 0 Å². The molecule has 0 unspecified atom stereocenters. The van der Waals surface area contributed by atoms with E-state index in [4.69, 9.17) is 5.11 Å². The van der Waals surface area contributed by atoms with Crippen molar-refractivity contribution < 1.29 is 23.1 Å². The minimum Gasteiger partial charge on any atom is -0.446 e. The van der Waals surface area contributed by atoms with Crippen LogP contribution >= 0.6 is 0 Å². The Balaban J connectivity index is 2.38. The van der Waals surface area contributed by atoms with E-state index in [1.807, 2.05) is 0 Å². The van der Waals surface area contributed by atoms with Gasteiger partial charge in [-0.3, -0.25) is 0 Å². The average molecular weight is 280 g/mol. The first-order valence-electron chi connectivity index (χ1n) is 5.87. The molecule has 0 saturated heterocycles. The minimum atomic E-state index is -3.89. The molecule has 1 amide bonds. The summed E-state index contributed by atoms with van der Waals surface area (Å²) in [6.07, 6.45) is 0.944. The summed E-state index contributed by atoms with van der Waals surface area (Å²) in [5.41, 5.74) is -0.147. The number of amides is 1. The van der Waals surface area contributed by atoms with E-state index in [2.05, 4.69) is 9.46 Å². The molecule has 0 bridgehead atoms. The molecule has 0 atom stereocenters. The Kier molecular flexibility index (Phi) is 4.94. The van der Waals surface area contributed by atoms with Gasteiger partial charge in [0.25, 0.3) is 0 Å². The van der Waals surface area contributed by atoms with Gasteiger partial charge in [0.15, 0.2) is 0 Å². The van der Waals surface area contributed by atoms with Crippen molar-refractivity contribution in [2.24, 2.45) is 5.41 Å². The monoisotopic (exact) mass is 280 g/mol. The van der Waals surface area contributed by atoms with Gasteiger partial charge in [0.2, 0.25) is 0 Å². The number of hydrogen-bond acceptors (Lipinski definition) is 5. The van der Waals surface area contributed by atoms with Crippen LogP contribution in [0, 0.1) is 5.41 Å². The maximum atomic E-state index is 11.5. The number of aliphatic hydroxyl groups excluding tert-OH is 1. The molecule has 0 aromatic carbocycles. The van der Waals surface area contributed by atoms with Crippen molar-refractivity contribution in [1.82, 2.24) is 9.44 Å². The molecule has 1 aliphatic rings. The van der Waals surface area contributed by atoms with Gasteiger partial charge in [-0.05, 0) is 38.5 Å². The Morgan fingerprint density at radius 1 is 1.44 bits per heavy atom. The van der Waals surface area contributed by atoms with Crippen LogP contribution in [-0.4, -0.2) is 38.9 Å². The molecule has 7 nitrogen and oxygen atoms in total. The summed E-state index contributed by atoms with van der Waals surface area (Å²) >= 11 is 0. The van der Waals surface area contributed by atoms with Crippen molar-refractivity contribution in [3.8, 4) is 0 Å². The Morgan fingerprint density at radius 2 is 2.06 bits per heavy atom. The number of ether oxygens (including phenoxy) is 1. The highest BCUT2D eigenvalue weighted by Gasteiger charge is 2.42. The van der Waals surface area contributed by atoms with Crippen LogP contribution in [0.3, 0.4) is 0 Å². The lowest BCUT2D eigenvalue weighted by Crippen LogP contribution is -2.43. The smallest absolute Gasteiger partial charge is 0.422 e. The van der Waals surface area contributed by atoms with E-state index < -0.39 is 16.3 Å². The van der Waals surface area contributed by atoms with E-state index in [1.165, 1.54) is 0 Å². The highest BCUT2D eigenvalue weighted by molar-refractivity contribution is 7.88. The SMILES string of the molecule is CC(C)OC(=O)NS(=O)(=O)NCC1(CCO)CC1. The van der Waals surface area contributed by atoms with Crippen LogP contribution < -0.4 is 9.44 Å². The van der Waals surface area contributed by atoms with Crippen LogP contribution in [0.2, 0.25) is 0 Å². The van der Waals surface area contributed by atoms with Gasteiger partial charge in [-0.25, -0.2) is 9.52 Å². The highest BCUT2D eigenvalue weighted by Crippen LogP contribution is 2.47. The second kappa shape index (κ2) is 5.85. The lowest BCUT2D eigenvalue weighted by molar-refractivity contribution is 0.121. The largest absolute Gasteiger partial charge is 0.446 e. The fraction of sp³-hybridized carbons (Fsp3) is 0.900. The van der Waals surface area contributed by atoms with Crippen molar-refractivity contribution in [1.29, 1.82) is 0 Å². The molecule has 1 saturated carbocycles. The molecule has 0 radical (unpaired) electrons. The third-order valence-electron chi connectivity index (χ3n) is 2.80.